The van der Waals surface area contributed by atoms with Gasteiger partial charge in [0.15, 0.2) is 0 Å². The summed E-state index contributed by atoms with van der Waals surface area (Å²) < 4.78 is 18.4. The normalized spacial score (nSPS) is 16.8. The fourth-order valence-corrected chi connectivity index (χ4v) is 2.35. The molecule has 4 heteroatoms. The standard InChI is InChI=1S/C14H19ClFNO/c1-18-8-7-14(5-6-14)10-17-9-11-3-2-4-12(16)13(11)15/h2-4,17H,5-10H2,1H3. The van der Waals surface area contributed by atoms with Gasteiger partial charge in [0.05, 0.1) is 5.02 Å². The number of hydrogen-bond acceptors (Lipinski definition) is 2. The van der Waals surface area contributed by atoms with Crippen molar-refractivity contribution in [2.45, 2.75) is 25.8 Å². The fraction of sp³-hybridized carbons (Fsp3) is 0.571. The zero-order valence-corrected chi connectivity index (χ0v) is 11.4. The molecule has 0 aliphatic heterocycles. The van der Waals surface area contributed by atoms with Gasteiger partial charge in [0.2, 0.25) is 0 Å². The minimum atomic E-state index is -0.350. The lowest BCUT2D eigenvalue weighted by Crippen LogP contribution is -2.24. The molecule has 0 bridgehead atoms. The number of benzene rings is 1. The molecule has 18 heavy (non-hydrogen) atoms. The maximum atomic E-state index is 13.2. The first-order valence-electron chi connectivity index (χ1n) is 6.29. The highest BCUT2D eigenvalue weighted by Crippen LogP contribution is 2.48. The highest BCUT2D eigenvalue weighted by atomic mass is 35.5. The molecule has 1 fully saturated rings. The molecule has 0 atom stereocenters. The van der Waals surface area contributed by atoms with Crippen LogP contribution in [0.3, 0.4) is 0 Å². The third kappa shape index (κ3) is 3.44. The highest BCUT2D eigenvalue weighted by Gasteiger charge is 2.41. The maximum Gasteiger partial charge on any atom is 0.142 e. The Kier molecular flexibility index (Phi) is 4.60. The Balaban J connectivity index is 1.80. The molecule has 0 heterocycles. The molecule has 1 aliphatic rings. The van der Waals surface area contributed by atoms with Crippen LogP contribution in [0.4, 0.5) is 4.39 Å². The van der Waals surface area contributed by atoms with Gasteiger partial charge in [-0.3, -0.25) is 0 Å². The van der Waals surface area contributed by atoms with Crippen LogP contribution in [0.5, 0.6) is 0 Å². The van der Waals surface area contributed by atoms with E-state index < -0.39 is 0 Å². The first-order valence-corrected chi connectivity index (χ1v) is 6.67. The topological polar surface area (TPSA) is 21.3 Å². The van der Waals surface area contributed by atoms with Gasteiger partial charge in [0.1, 0.15) is 5.82 Å². The molecule has 1 aliphatic carbocycles. The Morgan fingerprint density at radius 3 is 2.89 bits per heavy atom. The van der Waals surface area contributed by atoms with E-state index in [1.165, 1.54) is 18.9 Å². The third-order valence-corrected chi connectivity index (χ3v) is 4.06. The Hall–Kier alpha value is -0.640. The Morgan fingerprint density at radius 1 is 1.44 bits per heavy atom. The molecule has 0 radical (unpaired) electrons. The maximum absolute atomic E-state index is 13.2. The van der Waals surface area contributed by atoms with Gasteiger partial charge in [-0.05, 0) is 36.3 Å². The van der Waals surface area contributed by atoms with Gasteiger partial charge >= 0.3 is 0 Å². The number of hydrogen-bond donors (Lipinski definition) is 1. The lowest BCUT2D eigenvalue weighted by atomic mass is 10.0. The quantitative estimate of drug-likeness (QED) is 0.821. The van der Waals surface area contributed by atoms with Crippen molar-refractivity contribution < 1.29 is 9.13 Å². The van der Waals surface area contributed by atoms with Crippen LogP contribution >= 0.6 is 11.6 Å². The minimum Gasteiger partial charge on any atom is -0.385 e. The molecule has 2 rings (SSSR count). The molecular formula is C14H19ClFNO. The zero-order chi connectivity index (χ0) is 13.0. The molecule has 0 unspecified atom stereocenters. The average Bonchev–Trinajstić information content (AvgIpc) is 3.13. The SMILES string of the molecule is COCCC1(CNCc2cccc(F)c2Cl)CC1. The molecular weight excluding hydrogens is 253 g/mol. The molecule has 0 aromatic heterocycles. The van der Waals surface area contributed by atoms with Gasteiger partial charge in [-0.1, -0.05) is 23.7 Å². The number of rotatable bonds is 7. The number of nitrogens with one attached hydrogen (secondary N) is 1. The summed E-state index contributed by atoms with van der Waals surface area (Å²) in [5.41, 5.74) is 1.22. The van der Waals surface area contributed by atoms with Crippen molar-refractivity contribution in [1.29, 1.82) is 0 Å². The predicted molar refractivity (Wildman–Crippen MR) is 71.3 cm³/mol. The summed E-state index contributed by atoms with van der Waals surface area (Å²) in [5.74, 6) is -0.350. The van der Waals surface area contributed by atoms with Gasteiger partial charge in [0.25, 0.3) is 0 Å². The van der Waals surface area contributed by atoms with E-state index in [0.717, 1.165) is 25.1 Å². The van der Waals surface area contributed by atoms with E-state index in [4.69, 9.17) is 16.3 Å². The predicted octanol–water partition coefficient (Wildman–Crippen LogP) is 3.39. The summed E-state index contributed by atoms with van der Waals surface area (Å²) in [6, 6.07) is 4.93. The molecule has 0 saturated heterocycles. The van der Waals surface area contributed by atoms with Crippen LogP contribution in [0.1, 0.15) is 24.8 Å². The van der Waals surface area contributed by atoms with Crippen molar-refractivity contribution in [3.63, 3.8) is 0 Å². The summed E-state index contributed by atoms with van der Waals surface area (Å²) in [6.45, 7) is 2.37. The average molecular weight is 272 g/mol. The van der Waals surface area contributed by atoms with E-state index in [9.17, 15) is 4.39 Å². The molecule has 0 spiro atoms. The van der Waals surface area contributed by atoms with Crippen LogP contribution < -0.4 is 5.32 Å². The second kappa shape index (κ2) is 6.00. The second-order valence-corrected chi connectivity index (χ2v) is 5.44. The van der Waals surface area contributed by atoms with E-state index in [2.05, 4.69) is 5.32 Å². The minimum absolute atomic E-state index is 0.228. The smallest absolute Gasteiger partial charge is 0.142 e. The van der Waals surface area contributed by atoms with E-state index in [-0.39, 0.29) is 10.8 Å². The molecule has 0 amide bonds. The van der Waals surface area contributed by atoms with Gasteiger partial charge in [-0.2, -0.15) is 0 Å². The molecule has 1 aromatic rings. The van der Waals surface area contributed by atoms with Crippen LogP contribution in [0.25, 0.3) is 0 Å². The van der Waals surface area contributed by atoms with Crippen LogP contribution in [-0.4, -0.2) is 20.3 Å². The Bertz CT molecular complexity index is 407. The molecule has 1 N–H and O–H groups in total. The Labute approximate surface area is 112 Å². The van der Waals surface area contributed by atoms with Crippen molar-refractivity contribution in [2.24, 2.45) is 5.41 Å². The summed E-state index contributed by atoms with van der Waals surface area (Å²) in [6.07, 6.45) is 3.59. The second-order valence-electron chi connectivity index (χ2n) is 5.06. The largest absolute Gasteiger partial charge is 0.385 e. The summed E-state index contributed by atoms with van der Waals surface area (Å²) in [7, 11) is 1.73. The van der Waals surface area contributed by atoms with Crippen LogP contribution in [0, 0.1) is 11.2 Å². The van der Waals surface area contributed by atoms with Crippen molar-refractivity contribution >= 4 is 11.6 Å². The van der Waals surface area contributed by atoms with Crippen LogP contribution in [0.2, 0.25) is 5.02 Å². The summed E-state index contributed by atoms with van der Waals surface area (Å²) in [4.78, 5) is 0. The number of methoxy groups -OCH3 is 1. The number of halogens is 2. The van der Waals surface area contributed by atoms with Gasteiger partial charge in [0, 0.05) is 26.8 Å². The van der Waals surface area contributed by atoms with Crippen molar-refractivity contribution in [1.82, 2.24) is 5.32 Å². The summed E-state index contributed by atoms with van der Waals surface area (Å²) in [5, 5.41) is 3.60. The molecule has 1 saturated carbocycles. The van der Waals surface area contributed by atoms with Crippen molar-refractivity contribution in [3.8, 4) is 0 Å². The third-order valence-electron chi connectivity index (χ3n) is 3.64. The molecule has 1 aromatic carbocycles. The van der Waals surface area contributed by atoms with Gasteiger partial charge in [-0.25, -0.2) is 4.39 Å². The fourth-order valence-electron chi connectivity index (χ4n) is 2.16. The van der Waals surface area contributed by atoms with E-state index in [0.29, 0.717) is 12.0 Å². The van der Waals surface area contributed by atoms with Gasteiger partial charge in [-0.15, -0.1) is 0 Å². The van der Waals surface area contributed by atoms with E-state index >= 15 is 0 Å². The highest BCUT2D eigenvalue weighted by molar-refractivity contribution is 6.31. The van der Waals surface area contributed by atoms with E-state index in [1.807, 2.05) is 6.07 Å². The zero-order valence-electron chi connectivity index (χ0n) is 10.6. The first-order chi connectivity index (χ1) is 8.67. The first kappa shape index (κ1) is 13.8. The summed E-state index contributed by atoms with van der Waals surface area (Å²) >= 11 is 5.91. The van der Waals surface area contributed by atoms with Gasteiger partial charge < -0.3 is 10.1 Å². The monoisotopic (exact) mass is 271 g/mol. The molecule has 100 valence electrons. The number of ether oxygens (including phenoxy) is 1. The lowest BCUT2D eigenvalue weighted by Gasteiger charge is -2.16. The van der Waals surface area contributed by atoms with Crippen molar-refractivity contribution in [3.05, 3.63) is 34.6 Å². The molecule has 2 nitrogen and oxygen atoms in total. The van der Waals surface area contributed by atoms with Crippen molar-refractivity contribution in [2.75, 3.05) is 20.3 Å². The van der Waals surface area contributed by atoms with Crippen LogP contribution in [-0.2, 0) is 11.3 Å². The Morgan fingerprint density at radius 2 is 2.22 bits per heavy atom. The van der Waals surface area contributed by atoms with Crippen LogP contribution in [0.15, 0.2) is 18.2 Å². The lowest BCUT2D eigenvalue weighted by molar-refractivity contribution is 0.171. The van der Waals surface area contributed by atoms with E-state index in [1.54, 1.807) is 13.2 Å².